The summed E-state index contributed by atoms with van der Waals surface area (Å²) in [5.74, 6) is -0.827. The van der Waals surface area contributed by atoms with Gasteiger partial charge < -0.3 is 9.84 Å². The van der Waals surface area contributed by atoms with Crippen molar-refractivity contribution in [1.29, 1.82) is 0 Å². The second-order valence-corrected chi connectivity index (χ2v) is 3.27. The van der Waals surface area contributed by atoms with Gasteiger partial charge in [-0.25, -0.2) is 9.78 Å². The summed E-state index contributed by atoms with van der Waals surface area (Å²) in [6.45, 7) is 0.897. The molecule has 0 unspecified atom stereocenters. The molecule has 2 heterocycles. The van der Waals surface area contributed by atoms with Gasteiger partial charge >= 0.3 is 5.97 Å². The van der Waals surface area contributed by atoms with E-state index >= 15 is 0 Å². The van der Waals surface area contributed by atoms with Gasteiger partial charge in [-0.1, -0.05) is 0 Å². The minimum Gasteiger partial charge on any atom is -0.489 e. The average molecular weight is 233 g/mol. The van der Waals surface area contributed by atoms with E-state index in [4.69, 9.17) is 9.84 Å². The van der Waals surface area contributed by atoms with E-state index in [0.29, 0.717) is 13.2 Å². The summed E-state index contributed by atoms with van der Waals surface area (Å²) in [6.07, 6.45) is 4.90. The summed E-state index contributed by atoms with van der Waals surface area (Å²) in [6, 6.07) is 5.03. The van der Waals surface area contributed by atoms with E-state index < -0.39 is 5.97 Å². The van der Waals surface area contributed by atoms with Crippen molar-refractivity contribution in [3.8, 4) is 5.75 Å². The first-order valence-electron chi connectivity index (χ1n) is 5.06. The van der Waals surface area contributed by atoms with Gasteiger partial charge in [0.05, 0.1) is 6.54 Å². The number of ether oxygens (including phenoxy) is 1. The van der Waals surface area contributed by atoms with Crippen LogP contribution in [-0.4, -0.2) is 32.4 Å². The molecule has 0 aliphatic carbocycles. The van der Waals surface area contributed by atoms with Crippen molar-refractivity contribution in [2.75, 3.05) is 6.61 Å². The minimum atomic E-state index is -1.10. The van der Waals surface area contributed by atoms with Gasteiger partial charge in [0.25, 0.3) is 0 Å². The third-order valence-corrected chi connectivity index (χ3v) is 2.11. The normalized spacial score (nSPS) is 10.1. The molecule has 2 rings (SSSR count). The zero-order chi connectivity index (χ0) is 12.1. The lowest BCUT2D eigenvalue weighted by atomic mass is 10.3. The van der Waals surface area contributed by atoms with Gasteiger partial charge in [-0.15, -0.1) is 0 Å². The van der Waals surface area contributed by atoms with Crippen molar-refractivity contribution in [2.24, 2.45) is 0 Å². The number of aromatic carboxylic acids is 1. The maximum Gasteiger partial charge on any atom is 0.358 e. The van der Waals surface area contributed by atoms with Crippen molar-refractivity contribution in [3.63, 3.8) is 0 Å². The largest absolute Gasteiger partial charge is 0.489 e. The molecule has 0 aromatic carbocycles. The van der Waals surface area contributed by atoms with Gasteiger partial charge in [0.15, 0.2) is 11.4 Å². The number of carbonyl (C=O) groups is 1. The molecule has 0 aliphatic heterocycles. The standard InChI is InChI=1S/C11H11N3O3/c15-11(16)10-9(3-1-4-12-10)17-8-7-14-6-2-5-13-14/h1-6H,7-8H2,(H,15,16). The topological polar surface area (TPSA) is 77.2 Å². The number of aromatic nitrogens is 3. The zero-order valence-corrected chi connectivity index (χ0v) is 8.98. The van der Waals surface area contributed by atoms with Crippen molar-refractivity contribution in [3.05, 3.63) is 42.5 Å². The van der Waals surface area contributed by atoms with E-state index in [2.05, 4.69) is 10.1 Å². The highest BCUT2D eigenvalue weighted by molar-refractivity contribution is 5.88. The van der Waals surface area contributed by atoms with Crippen LogP contribution < -0.4 is 4.74 Å². The van der Waals surface area contributed by atoms with Gasteiger partial charge in [-0.3, -0.25) is 4.68 Å². The quantitative estimate of drug-likeness (QED) is 0.835. The van der Waals surface area contributed by atoms with Crippen LogP contribution in [0.3, 0.4) is 0 Å². The Kier molecular flexibility index (Phi) is 3.34. The molecule has 0 atom stereocenters. The Morgan fingerprint density at radius 2 is 2.29 bits per heavy atom. The maximum absolute atomic E-state index is 10.9. The Morgan fingerprint density at radius 3 is 3.00 bits per heavy atom. The Balaban J connectivity index is 1.97. The highest BCUT2D eigenvalue weighted by Gasteiger charge is 2.11. The maximum atomic E-state index is 10.9. The number of hydrogen-bond acceptors (Lipinski definition) is 4. The van der Waals surface area contributed by atoms with Crippen molar-refractivity contribution >= 4 is 5.97 Å². The summed E-state index contributed by atoms with van der Waals surface area (Å²) in [5, 5.41) is 12.9. The first-order chi connectivity index (χ1) is 8.27. The van der Waals surface area contributed by atoms with E-state index in [1.165, 1.54) is 6.20 Å². The van der Waals surface area contributed by atoms with Gasteiger partial charge in [0.2, 0.25) is 0 Å². The molecule has 6 heteroatoms. The molecule has 0 aliphatic rings. The fraction of sp³-hybridized carbons (Fsp3) is 0.182. The Bertz CT molecular complexity index is 496. The molecule has 0 amide bonds. The molecule has 0 radical (unpaired) electrons. The summed E-state index contributed by atoms with van der Waals surface area (Å²) in [5.41, 5.74) is -0.0760. The van der Waals surface area contributed by atoms with E-state index in [9.17, 15) is 4.79 Å². The van der Waals surface area contributed by atoms with Crippen LogP contribution in [0.25, 0.3) is 0 Å². The molecule has 2 aromatic rings. The lowest BCUT2D eigenvalue weighted by Gasteiger charge is -2.07. The lowest BCUT2D eigenvalue weighted by molar-refractivity contribution is 0.0685. The van der Waals surface area contributed by atoms with E-state index in [1.54, 1.807) is 23.0 Å². The number of pyridine rings is 1. The fourth-order valence-electron chi connectivity index (χ4n) is 1.35. The molecule has 0 spiro atoms. The van der Waals surface area contributed by atoms with Crippen LogP contribution in [-0.2, 0) is 6.54 Å². The summed E-state index contributed by atoms with van der Waals surface area (Å²) in [4.78, 5) is 14.6. The molecule has 0 saturated heterocycles. The predicted octanol–water partition coefficient (Wildman–Crippen LogP) is 1.06. The lowest BCUT2D eigenvalue weighted by Crippen LogP contribution is -2.11. The second kappa shape index (κ2) is 5.11. The van der Waals surface area contributed by atoms with E-state index in [1.807, 2.05) is 12.3 Å². The molecule has 0 saturated carbocycles. The highest BCUT2D eigenvalue weighted by atomic mass is 16.5. The molecule has 0 fully saturated rings. The molecular formula is C11H11N3O3. The SMILES string of the molecule is O=C(O)c1ncccc1OCCn1cccn1. The van der Waals surface area contributed by atoms with Crippen molar-refractivity contribution in [1.82, 2.24) is 14.8 Å². The third-order valence-electron chi connectivity index (χ3n) is 2.11. The van der Waals surface area contributed by atoms with Crippen LogP contribution in [0, 0.1) is 0 Å². The van der Waals surface area contributed by atoms with Crippen molar-refractivity contribution in [2.45, 2.75) is 6.54 Å². The first-order valence-corrected chi connectivity index (χ1v) is 5.06. The fourth-order valence-corrected chi connectivity index (χ4v) is 1.35. The molecule has 1 N–H and O–H groups in total. The van der Waals surface area contributed by atoms with Crippen LogP contribution in [0.5, 0.6) is 5.75 Å². The van der Waals surface area contributed by atoms with Crippen LogP contribution >= 0.6 is 0 Å². The molecule has 6 nitrogen and oxygen atoms in total. The van der Waals surface area contributed by atoms with Crippen molar-refractivity contribution < 1.29 is 14.6 Å². The Labute approximate surface area is 97.5 Å². The van der Waals surface area contributed by atoms with Gasteiger partial charge in [0.1, 0.15) is 6.61 Å². The van der Waals surface area contributed by atoms with Gasteiger partial charge in [0, 0.05) is 18.6 Å². The number of carboxylic acids is 1. The summed E-state index contributed by atoms with van der Waals surface area (Å²) in [7, 11) is 0. The third kappa shape index (κ3) is 2.81. The molecule has 2 aromatic heterocycles. The molecular weight excluding hydrogens is 222 g/mol. The second-order valence-electron chi connectivity index (χ2n) is 3.27. The first kappa shape index (κ1) is 11.1. The molecule has 0 bridgehead atoms. The Hall–Kier alpha value is -2.37. The van der Waals surface area contributed by atoms with Gasteiger partial charge in [-0.05, 0) is 18.2 Å². The summed E-state index contributed by atoms with van der Waals surface area (Å²) < 4.78 is 7.07. The number of nitrogens with zero attached hydrogens (tertiary/aromatic N) is 3. The highest BCUT2D eigenvalue weighted by Crippen LogP contribution is 2.14. The van der Waals surface area contributed by atoms with E-state index in [0.717, 1.165) is 0 Å². The molecule has 88 valence electrons. The molecule has 17 heavy (non-hydrogen) atoms. The smallest absolute Gasteiger partial charge is 0.358 e. The van der Waals surface area contributed by atoms with E-state index in [-0.39, 0.29) is 11.4 Å². The number of rotatable bonds is 5. The average Bonchev–Trinajstić information content (AvgIpc) is 2.82. The summed E-state index contributed by atoms with van der Waals surface area (Å²) >= 11 is 0. The number of carboxylic acid groups (broad SMARTS) is 1. The van der Waals surface area contributed by atoms with Crippen LogP contribution in [0.2, 0.25) is 0 Å². The monoisotopic (exact) mass is 233 g/mol. The minimum absolute atomic E-state index is 0.0760. The van der Waals surface area contributed by atoms with Crippen LogP contribution in [0.1, 0.15) is 10.5 Å². The van der Waals surface area contributed by atoms with Crippen LogP contribution in [0.4, 0.5) is 0 Å². The predicted molar refractivity (Wildman–Crippen MR) is 58.9 cm³/mol. The Morgan fingerprint density at radius 1 is 1.41 bits per heavy atom. The van der Waals surface area contributed by atoms with Crippen LogP contribution in [0.15, 0.2) is 36.8 Å². The number of hydrogen-bond donors (Lipinski definition) is 1. The zero-order valence-electron chi connectivity index (χ0n) is 8.98. The van der Waals surface area contributed by atoms with Gasteiger partial charge in [-0.2, -0.15) is 5.10 Å².